The average molecular weight is 417 g/mol. The lowest BCUT2D eigenvalue weighted by Crippen LogP contribution is -2.11. The Kier molecular flexibility index (Phi) is 5.75. The van der Waals surface area contributed by atoms with Crippen LogP contribution in [0.1, 0.15) is 41.4 Å². The standard InChI is InChI=1S/C19H14F3N3O.C2H4O2/c1-11-10-25-15-8-7-13(19(20,21)22)9-14(15)16(12-5-3-2-4-6-12)24-18(26)17(25)23-11;1-2(3)4/h2-10,18,26H,1H3;1H3,(H,3,4). The minimum atomic E-state index is -4.48. The number of hydrogen-bond donors (Lipinski definition) is 2. The number of carbonyl (C=O) groups is 1. The molecule has 2 N–H and O–H groups in total. The van der Waals surface area contributed by atoms with E-state index in [1.54, 1.807) is 48.0 Å². The van der Waals surface area contributed by atoms with Crippen LogP contribution in [0.25, 0.3) is 5.69 Å². The van der Waals surface area contributed by atoms with Crippen molar-refractivity contribution in [2.24, 2.45) is 4.99 Å². The van der Waals surface area contributed by atoms with Gasteiger partial charge in [0, 0.05) is 24.2 Å². The van der Waals surface area contributed by atoms with Crippen molar-refractivity contribution in [3.8, 4) is 5.69 Å². The molecule has 3 aromatic rings. The van der Waals surface area contributed by atoms with Crippen molar-refractivity contribution in [1.82, 2.24) is 9.55 Å². The van der Waals surface area contributed by atoms with Crippen molar-refractivity contribution >= 4 is 11.7 Å². The van der Waals surface area contributed by atoms with Gasteiger partial charge < -0.3 is 10.2 Å². The van der Waals surface area contributed by atoms with E-state index >= 15 is 0 Å². The highest BCUT2D eigenvalue weighted by atomic mass is 19.4. The number of aliphatic hydroxyl groups excluding tert-OH is 1. The fraction of sp³-hybridized carbons (Fsp3) is 0.190. The van der Waals surface area contributed by atoms with Gasteiger partial charge in [0.25, 0.3) is 5.97 Å². The molecule has 30 heavy (non-hydrogen) atoms. The molecule has 6 nitrogen and oxygen atoms in total. The molecule has 0 amide bonds. The van der Waals surface area contributed by atoms with Crippen LogP contribution in [0.15, 0.2) is 59.7 Å². The minimum Gasteiger partial charge on any atom is -0.481 e. The number of nitrogens with zero attached hydrogens (tertiary/aromatic N) is 3. The maximum atomic E-state index is 13.3. The number of aliphatic hydroxyl groups is 1. The van der Waals surface area contributed by atoms with E-state index < -0.39 is 23.9 Å². The number of alkyl halides is 3. The summed E-state index contributed by atoms with van der Waals surface area (Å²) in [5.41, 5.74) is 1.57. The fourth-order valence-corrected chi connectivity index (χ4v) is 3.08. The van der Waals surface area contributed by atoms with Crippen molar-refractivity contribution in [2.75, 3.05) is 0 Å². The van der Waals surface area contributed by atoms with Crippen molar-refractivity contribution in [2.45, 2.75) is 26.3 Å². The number of aliphatic carboxylic acids is 1. The first kappa shape index (κ1) is 21.3. The number of hydrogen-bond acceptors (Lipinski definition) is 4. The van der Waals surface area contributed by atoms with Crippen LogP contribution in [-0.4, -0.2) is 31.4 Å². The summed E-state index contributed by atoms with van der Waals surface area (Å²) in [6, 6.07) is 12.3. The second-order valence-electron chi connectivity index (χ2n) is 6.58. The number of aromatic nitrogens is 2. The Hall–Kier alpha value is -3.46. The van der Waals surface area contributed by atoms with E-state index in [0.29, 0.717) is 28.2 Å². The summed E-state index contributed by atoms with van der Waals surface area (Å²) in [6.45, 7) is 2.83. The summed E-state index contributed by atoms with van der Waals surface area (Å²) >= 11 is 0. The van der Waals surface area contributed by atoms with E-state index in [-0.39, 0.29) is 5.82 Å². The minimum absolute atomic E-state index is 0.273. The van der Waals surface area contributed by atoms with Crippen molar-refractivity contribution in [1.29, 1.82) is 0 Å². The van der Waals surface area contributed by atoms with Gasteiger partial charge in [0.1, 0.15) is 0 Å². The maximum Gasteiger partial charge on any atom is 0.416 e. The van der Waals surface area contributed by atoms with Crippen LogP contribution in [0.2, 0.25) is 0 Å². The Morgan fingerprint density at radius 1 is 1.13 bits per heavy atom. The summed E-state index contributed by atoms with van der Waals surface area (Å²) in [5, 5.41) is 17.9. The molecule has 1 aliphatic rings. The molecule has 0 fully saturated rings. The second kappa shape index (κ2) is 8.11. The Labute approximate surface area is 170 Å². The quantitative estimate of drug-likeness (QED) is 0.623. The molecular weight excluding hydrogens is 399 g/mol. The van der Waals surface area contributed by atoms with E-state index in [4.69, 9.17) is 9.90 Å². The Bertz CT molecular complexity index is 1100. The number of halogens is 3. The molecule has 9 heteroatoms. The first-order valence-electron chi connectivity index (χ1n) is 8.86. The van der Waals surface area contributed by atoms with Gasteiger partial charge >= 0.3 is 6.18 Å². The molecule has 0 saturated heterocycles. The van der Waals surface area contributed by atoms with E-state index in [2.05, 4.69) is 9.98 Å². The van der Waals surface area contributed by atoms with Crippen LogP contribution in [0.3, 0.4) is 0 Å². The predicted molar refractivity (Wildman–Crippen MR) is 104 cm³/mol. The molecule has 0 spiro atoms. The number of fused-ring (bicyclic) bond motifs is 3. The van der Waals surface area contributed by atoms with Crippen LogP contribution in [0, 0.1) is 6.92 Å². The Morgan fingerprint density at radius 2 is 1.77 bits per heavy atom. The number of imidazole rings is 1. The van der Waals surface area contributed by atoms with Crippen LogP contribution in [0.4, 0.5) is 13.2 Å². The number of aryl methyl sites for hydroxylation is 1. The third-order valence-electron chi connectivity index (χ3n) is 4.22. The van der Waals surface area contributed by atoms with E-state index in [1.165, 1.54) is 6.07 Å². The Morgan fingerprint density at radius 3 is 2.37 bits per heavy atom. The molecule has 0 bridgehead atoms. The summed E-state index contributed by atoms with van der Waals surface area (Å²) in [4.78, 5) is 17.6. The average Bonchev–Trinajstić information content (AvgIpc) is 3.02. The van der Waals surface area contributed by atoms with Gasteiger partial charge in [-0.2, -0.15) is 13.2 Å². The molecule has 1 aromatic heterocycles. The summed E-state index contributed by atoms with van der Waals surface area (Å²) in [5.74, 6) is -0.561. The number of rotatable bonds is 1. The van der Waals surface area contributed by atoms with E-state index in [1.807, 2.05) is 0 Å². The number of aliphatic imine (C=N–C) groups is 1. The van der Waals surface area contributed by atoms with E-state index in [0.717, 1.165) is 19.1 Å². The molecule has 1 atom stereocenters. The molecule has 1 unspecified atom stereocenters. The van der Waals surface area contributed by atoms with Gasteiger partial charge in [-0.3, -0.25) is 9.36 Å². The van der Waals surface area contributed by atoms with Gasteiger partial charge in [-0.05, 0) is 25.1 Å². The molecule has 0 saturated carbocycles. The monoisotopic (exact) mass is 417 g/mol. The molecule has 0 radical (unpaired) electrons. The summed E-state index contributed by atoms with van der Waals surface area (Å²) in [7, 11) is 0. The van der Waals surface area contributed by atoms with Crippen LogP contribution in [0.5, 0.6) is 0 Å². The zero-order valence-electron chi connectivity index (χ0n) is 16.1. The lowest BCUT2D eigenvalue weighted by atomic mass is 9.98. The topological polar surface area (TPSA) is 87.7 Å². The number of carboxylic acid groups (broad SMARTS) is 1. The van der Waals surface area contributed by atoms with Gasteiger partial charge in [0.05, 0.1) is 22.7 Å². The molecule has 1 aliphatic heterocycles. The SMILES string of the molecule is CC(=O)O.Cc1cn2c(n1)C(O)N=C(c1ccccc1)c1cc(C(F)(F)F)ccc1-2. The van der Waals surface area contributed by atoms with E-state index in [9.17, 15) is 18.3 Å². The van der Waals surface area contributed by atoms with Gasteiger partial charge in [-0.25, -0.2) is 9.98 Å². The maximum absolute atomic E-state index is 13.3. The highest BCUT2D eigenvalue weighted by Crippen LogP contribution is 2.35. The largest absolute Gasteiger partial charge is 0.481 e. The van der Waals surface area contributed by atoms with Crippen molar-refractivity contribution in [3.05, 3.63) is 82.9 Å². The van der Waals surface area contributed by atoms with Gasteiger partial charge in [-0.1, -0.05) is 30.3 Å². The molecule has 0 aliphatic carbocycles. The molecule has 2 heterocycles. The third kappa shape index (κ3) is 4.41. The van der Waals surface area contributed by atoms with Gasteiger partial charge in [0.2, 0.25) is 6.23 Å². The zero-order chi connectivity index (χ0) is 22.1. The molecule has 2 aromatic carbocycles. The molecule has 156 valence electrons. The Balaban J connectivity index is 0.000000589. The number of benzene rings is 2. The van der Waals surface area contributed by atoms with Crippen LogP contribution < -0.4 is 0 Å². The summed E-state index contributed by atoms with van der Waals surface area (Å²) in [6.07, 6.45) is -4.08. The van der Waals surface area contributed by atoms with Crippen LogP contribution in [-0.2, 0) is 11.0 Å². The lowest BCUT2D eigenvalue weighted by Gasteiger charge is -2.15. The lowest BCUT2D eigenvalue weighted by molar-refractivity contribution is -0.137. The second-order valence-corrected chi connectivity index (χ2v) is 6.58. The van der Waals surface area contributed by atoms with Crippen LogP contribution >= 0.6 is 0 Å². The first-order valence-corrected chi connectivity index (χ1v) is 8.86. The van der Waals surface area contributed by atoms with Crippen molar-refractivity contribution < 1.29 is 28.2 Å². The highest BCUT2D eigenvalue weighted by molar-refractivity contribution is 6.15. The smallest absolute Gasteiger partial charge is 0.416 e. The van der Waals surface area contributed by atoms with Crippen molar-refractivity contribution in [3.63, 3.8) is 0 Å². The molecule has 4 rings (SSSR count). The molecular formula is C21H18F3N3O3. The third-order valence-corrected chi connectivity index (χ3v) is 4.22. The summed E-state index contributed by atoms with van der Waals surface area (Å²) < 4.78 is 41.4. The predicted octanol–water partition coefficient (Wildman–Crippen LogP) is 4.13. The number of carboxylic acids is 1. The fourth-order valence-electron chi connectivity index (χ4n) is 3.08. The van der Waals surface area contributed by atoms with Gasteiger partial charge in [-0.15, -0.1) is 0 Å². The highest BCUT2D eigenvalue weighted by Gasteiger charge is 2.33. The zero-order valence-corrected chi connectivity index (χ0v) is 16.1. The first-order chi connectivity index (χ1) is 14.1. The van der Waals surface area contributed by atoms with Gasteiger partial charge in [0.15, 0.2) is 5.82 Å². The normalized spacial score (nSPS) is 15.1.